The monoisotopic (exact) mass is 286 g/mol. The third kappa shape index (κ3) is 2.49. The molecule has 0 saturated heterocycles. The van der Waals surface area contributed by atoms with Gasteiger partial charge in [-0.25, -0.2) is 9.18 Å². The molecule has 1 fully saturated rings. The van der Waals surface area contributed by atoms with Crippen LogP contribution in [-0.2, 0) is 4.74 Å². The molecule has 108 valence electrons. The first-order valence-corrected chi connectivity index (χ1v) is 6.82. The molecule has 3 rings (SSSR count). The van der Waals surface area contributed by atoms with Crippen LogP contribution >= 0.6 is 0 Å². The first kappa shape index (κ1) is 13.6. The van der Waals surface area contributed by atoms with Crippen molar-refractivity contribution in [2.75, 3.05) is 7.11 Å². The maximum absolute atomic E-state index is 14.1. The van der Waals surface area contributed by atoms with Crippen molar-refractivity contribution in [2.24, 2.45) is 0 Å². The summed E-state index contributed by atoms with van der Waals surface area (Å²) in [6.45, 7) is 0. The molecule has 0 atom stereocenters. The normalized spacial score (nSPS) is 14.0. The molecule has 4 heteroatoms. The minimum absolute atomic E-state index is 0.0843. The fraction of sp³-hybridized carbons (Fsp3) is 0.235. The van der Waals surface area contributed by atoms with Crippen LogP contribution in [0.1, 0.15) is 34.7 Å². The number of rotatable bonds is 3. The second kappa shape index (κ2) is 5.20. The number of ether oxygens (including phenoxy) is 1. The smallest absolute Gasteiger partial charge is 0.341 e. The summed E-state index contributed by atoms with van der Waals surface area (Å²) < 4.78 is 18.7. The summed E-state index contributed by atoms with van der Waals surface area (Å²) in [6.07, 6.45) is 1.96. The number of halogens is 1. The number of benzene rings is 2. The molecule has 2 aromatic carbocycles. The van der Waals surface area contributed by atoms with Gasteiger partial charge in [0.15, 0.2) is 0 Å². The Hall–Kier alpha value is -2.36. The largest absolute Gasteiger partial charge is 0.507 e. The molecular weight excluding hydrogens is 271 g/mol. The fourth-order valence-electron chi connectivity index (χ4n) is 2.55. The van der Waals surface area contributed by atoms with E-state index in [9.17, 15) is 14.3 Å². The van der Waals surface area contributed by atoms with Gasteiger partial charge in [0.25, 0.3) is 0 Å². The van der Waals surface area contributed by atoms with Gasteiger partial charge in [-0.1, -0.05) is 18.2 Å². The first-order chi connectivity index (χ1) is 10.1. The number of carbonyl (C=O) groups excluding carboxylic acids is 1. The van der Waals surface area contributed by atoms with Gasteiger partial charge in [0.05, 0.1) is 7.11 Å². The Bertz CT molecular complexity index is 705. The van der Waals surface area contributed by atoms with Crippen LogP contribution in [0.3, 0.4) is 0 Å². The summed E-state index contributed by atoms with van der Waals surface area (Å²) in [5.74, 6) is -0.729. The lowest BCUT2D eigenvalue weighted by atomic mass is 9.95. The van der Waals surface area contributed by atoms with Crippen LogP contribution in [0.15, 0.2) is 36.4 Å². The number of esters is 1. The van der Waals surface area contributed by atoms with Crippen molar-refractivity contribution in [1.82, 2.24) is 0 Å². The van der Waals surface area contributed by atoms with Crippen LogP contribution in [0, 0.1) is 5.82 Å². The standard InChI is InChI=1S/C17H15FO3/c1-21-17(20)13-9-11(7-8-15(13)19)12-3-2-4-14(18)16(12)10-5-6-10/h2-4,7-10,19H,5-6H2,1H3. The molecule has 1 N–H and O–H groups in total. The van der Waals surface area contributed by atoms with E-state index >= 15 is 0 Å². The quantitative estimate of drug-likeness (QED) is 0.871. The summed E-state index contributed by atoms with van der Waals surface area (Å²) in [4.78, 5) is 11.7. The summed E-state index contributed by atoms with van der Waals surface area (Å²) in [5.41, 5.74) is 2.25. The van der Waals surface area contributed by atoms with E-state index in [1.807, 2.05) is 6.07 Å². The van der Waals surface area contributed by atoms with E-state index in [1.54, 1.807) is 18.2 Å². The molecule has 1 aliphatic rings. The molecule has 1 aliphatic carbocycles. The van der Waals surface area contributed by atoms with Crippen molar-refractivity contribution < 1.29 is 19.0 Å². The van der Waals surface area contributed by atoms with Gasteiger partial charge in [-0.15, -0.1) is 0 Å². The topological polar surface area (TPSA) is 46.5 Å². The van der Waals surface area contributed by atoms with Crippen LogP contribution in [0.5, 0.6) is 5.75 Å². The summed E-state index contributed by atoms with van der Waals surface area (Å²) >= 11 is 0. The van der Waals surface area contributed by atoms with Crippen molar-refractivity contribution in [1.29, 1.82) is 0 Å². The van der Waals surface area contributed by atoms with E-state index in [0.29, 0.717) is 11.1 Å². The average molecular weight is 286 g/mol. The maximum atomic E-state index is 14.1. The third-order valence-electron chi connectivity index (χ3n) is 3.75. The number of aromatic hydroxyl groups is 1. The lowest BCUT2D eigenvalue weighted by Gasteiger charge is -2.12. The molecular formula is C17H15FO3. The zero-order valence-corrected chi connectivity index (χ0v) is 11.6. The molecule has 0 unspecified atom stereocenters. The Labute approximate surface area is 122 Å². The van der Waals surface area contributed by atoms with Crippen LogP contribution in [0.25, 0.3) is 11.1 Å². The SMILES string of the molecule is COC(=O)c1cc(-c2cccc(F)c2C2CC2)ccc1O. The Morgan fingerprint density at radius 3 is 2.71 bits per heavy atom. The number of phenolic OH excluding ortho intramolecular Hbond substituents is 1. The molecule has 1 saturated carbocycles. The highest BCUT2D eigenvalue weighted by Gasteiger charge is 2.29. The molecule has 0 aromatic heterocycles. The first-order valence-electron chi connectivity index (χ1n) is 6.82. The van der Waals surface area contributed by atoms with Gasteiger partial charge in [-0.3, -0.25) is 0 Å². The summed E-state index contributed by atoms with van der Waals surface area (Å²) in [7, 11) is 1.26. The second-order valence-electron chi connectivity index (χ2n) is 5.20. The van der Waals surface area contributed by atoms with Crippen molar-refractivity contribution in [3.05, 3.63) is 53.3 Å². The molecule has 0 bridgehead atoms. The predicted molar refractivity (Wildman–Crippen MR) is 76.8 cm³/mol. The molecule has 3 nitrogen and oxygen atoms in total. The van der Waals surface area contributed by atoms with Gasteiger partial charge in [0, 0.05) is 0 Å². The maximum Gasteiger partial charge on any atom is 0.341 e. The Kier molecular flexibility index (Phi) is 3.37. The van der Waals surface area contributed by atoms with E-state index in [0.717, 1.165) is 18.4 Å². The van der Waals surface area contributed by atoms with E-state index in [-0.39, 0.29) is 23.0 Å². The van der Waals surface area contributed by atoms with Crippen molar-refractivity contribution >= 4 is 5.97 Å². The number of phenols is 1. The minimum atomic E-state index is -0.612. The van der Waals surface area contributed by atoms with E-state index < -0.39 is 5.97 Å². The molecule has 2 aromatic rings. The highest BCUT2D eigenvalue weighted by Crippen LogP contribution is 2.46. The molecule has 0 heterocycles. The number of hydrogen-bond acceptors (Lipinski definition) is 3. The van der Waals surface area contributed by atoms with Gasteiger partial charge in [0.2, 0.25) is 0 Å². The molecule has 0 aliphatic heterocycles. The van der Waals surface area contributed by atoms with Gasteiger partial charge in [-0.05, 0) is 53.6 Å². The summed E-state index contributed by atoms with van der Waals surface area (Å²) in [6, 6.07) is 9.61. The second-order valence-corrected chi connectivity index (χ2v) is 5.20. The Morgan fingerprint density at radius 2 is 2.05 bits per heavy atom. The molecule has 0 radical (unpaired) electrons. The Morgan fingerprint density at radius 1 is 1.29 bits per heavy atom. The van der Waals surface area contributed by atoms with Gasteiger partial charge >= 0.3 is 5.97 Å². The van der Waals surface area contributed by atoms with E-state index in [1.165, 1.54) is 19.2 Å². The van der Waals surface area contributed by atoms with Crippen LogP contribution < -0.4 is 0 Å². The van der Waals surface area contributed by atoms with Crippen molar-refractivity contribution in [3.8, 4) is 16.9 Å². The molecule has 21 heavy (non-hydrogen) atoms. The molecule has 0 amide bonds. The summed E-state index contributed by atoms with van der Waals surface area (Å²) in [5, 5.41) is 9.75. The minimum Gasteiger partial charge on any atom is -0.507 e. The van der Waals surface area contributed by atoms with Crippen LogP contribution in [0.2, 0.25) is 0 Å². The predicted octanol–water partition coefficient (Wildman–Crippen LogP) is 3.86. The fourth-order valence-corrected chi connectivity index (χ4v) is 2.55. The lowest BCUT2D eigenvalue weighted by molar-refractivity contribution is 0.0597. The highest BCUT2D eigenvalue weighted by atomic mass is 19.1. The zero-order chi connectivity index (χ0) is 15.0. The lowest BCUT2D eigenvalue weighted by Crippen LogP contribution is -2.02. The third-order valence-corrected chi connectivity index (χ3v) is 3.75. The zero-order valence-electron chi connectivity index (χ0n) is 11.6. The number of hydrogen-bond donors (Lipinski definition) is 1. The van der Waals surface area contributed by atoms with Gasteiger partial charge in [-0.2, -0.15) is 0 Å². The highest BCUT2D eigenvalue weighted by molar-refractivity contribution is 5.94. The number of carbonyl (C=O) groups is 1. The van der Waals surface area contributed by atoms with Crippen molar-refractivity contribution in [3.63, 3.8) is 0 Å². The van der Waals surface area contributed by atoms with Crippen LogP contribution in [-0.4, -0.2) is 18.2 Å². The Balaban J connectivity index is 2.13. The van der Waals surface area contributed by atoms with Crippen LogP contribution in [0.4, 0.5) is 4.39 Å². The van der Waals surface area contributed by atoms with Crippen molar-refractivity contribution in [2.45, 2.75) is 18.8 Å². The number of methoxy groups -OCH3 is 1. The van der Waals surface area contributed by atoms with Gasteiger partial charge in [0.1, 0.15) is 17.1 Å². The van der Waals surface area contributed by atoms with E-state index in [4.69, 9.17) is 0 Å². The average Bonchev–Trinajstić information content (AvgIpc) is 3.31. The van der Waals surface area contributed by atoms with Gasteiger partial charge < -0.3 is 9.84 Å². The molecule has 0 spiro atoms. The van der Waals surface area contributed by atoms with E-state index in [2.05, 4.69) is 4.74 Å².